The van der Waals surface area contributed by atoms with Crippen LogP contribution in [0.3, 0.4) is 0 Å². The van der Waals surface area contributed by atoms with Gasteiger partial charge < -0.3 is 0 Å². The van der Waals surface area contributed by atoms with E-state index in [0.717, 1.165) is 11.8 Å². The first-order valence-corrected chi connectivity index (χ1v) is 9.22. The number of hydrogen-bond donors (Lipinski definition) is 0. The second-order valence-corrected chi connectivity index (χ2v) is 6.75. The zero-order valence-electron chi connectivity index (χ0n) is 13.4. The summed E-state index contributed by atoms with van der Waals surface area (Å²) in [5.41, 5.74) is 1.62. The predicted octanol–water partition coefficient (Wildman–Crippen LogP) is 7.12. The lowest BCUT2D eigenvalue weighted by Crippen LogP contribution is -1.97. The van der Waals surface area contributed by atoms with E-state index in [9.17, 15) is 0 Å². The summed E-state index contributed by atoms with van der Waals surface area (Å²) in [4.78, 5) is 1.65. The third kappa shape index (κ3) is 5.30. The van der Waals surface area contributed by atoms with Gasteiger partial charge >= 0.3 is 0 Å². The summed E-state index contributed by atoms with van der Waals surface area (Å²) < 4.78 is 0. The molecule has 0 fully saturated rings. The van der Waals surface area contributed by atoms with Gasteiger partial charge in [-0.2, -0.15) is 0 Å². The second-order valence-electron chi connectivity index (χ2n) is 5.80. The molecule has 0 radical (unpaired) electrons. The molecule has 0 spiro atoms. The molecule has 1 aromatic rings. The van der Waals surface area contributed by atoms with E-state index in [2.05, 4.69) is 39.1 Å². The minimum atomic E-state index is 0.800. The highest BCUT2D eigenvalue weighted by molar-refractivity contribution is 7.10. The molecule has 1 aromatic heterocycles. The Hall–Kier alpha value is -0.300. The molecule has 1 unspecified atom stereocenters. The Morgan fingerprint density at radius 1 is 0.895 bits per heavy atom. The summed E-state index contributed by atoms with van der Waals surface area (Å²) in [7, 11) is 0. The van der Waals surface area contributed by atoms with Crippen molar-refractivity contribution < 1.29 is 0 Å². The predicted molar refractivity (Wildman–Crippen MR) is 89.4 cm³/mol. The molecule has 1 heterocycles. The zero-order valence-corrected chi connectivity index (χ0v) is 14.2. The van der Waals surface area contributed by atoms with E-state index in [4.69, 9.17) is 0 Å². The van der Waals surface area contributed by atoms with Gasteiger partial charge in [-0.1, -0.05) is 53.4 Å². The number of unbranched alkanes of at least 4 members (excludes halogenated alkanes) is 1. The first-order chi connectivity index (χ1) is 9.26. The van der Waals surface area contributed by atoms with Crippen molar-refractivity contribution >= 4 is 11.3 Å². The van der Waals surface area contributed by atoms with Crippen LogP contribution in [0.25, 0.3) is 0 Å². The van der Waals surface area contributed by atoms with Crippen molar-refractivity contribution in [2.45, 2.75) is 90.9 Å². The highest BCUT2D eigenvalue weighted by atomic mass is 32.1. The van der Waals surface area contributed by atoms with E-state index in [-0.39, 0.29) is 0 Å². The van der Waals surface area contributed by atoms with Crippen LogP contribution in [0.15, 0.2) is 11.4 Å². The van der Waals surface area contributed by atoms with Crippen molar-refractivity contribution in [2.24, 2.45) is 0 Å². The molecule has 1 heteroatoms. The molecule has 0 bridgehead atoms. The third-order valence-electron chi connectivity index (χ3n) is 4.19. The first kappa shape index (κ1) is 16.8. The van der Waals surface area contributed by atoms with Crippen LogP contribution >= 0.6 is 11.3 Å². The normalized spacial score (nSPS) is 13.1. The van der Waals surface area contributed by atoms with Crippen molar-refractivity contribution in [3.8, 4) is 0 Å². The molecule has 0 saturated carbocycles. The van der Waals surface area contributed by atoms with E-state index in [1.165, 1.54) is 51.4 Å². The first-order valence-electron chi connectivity index (χ1n) is 8.34. The Morgan fingerprint density at radius 2 is 1.58 bits per heavy atom. The maximum atomic E-state index is 2.53. The van der Waals surface area contributed by atoms with Crippen molar-refractivity contribution in [1.82, 2.24) is 0 Å². The zero-order chi connectivity index (χ0) is 14.1. The van der Waals surface area contributed by atoms with Gasteiger partial charge in [-0.3, -0.25) is 0 Å². The molecular formula is C18H32S. The number of hydrogen-bond acceptors (Lipinski definition) is 1. The van der Waals surface area contributed by atoms with Crippen LogP contribution in [0.4, 0.5) is 0 Å². The summed E-state index contributed by atoms with van der Waals surface area (Å²) in [6.07, 6.45) is 10.7. The SMILES string of the molecule is CCCCC(CC)c1csc(C(CCC)CCC)c1. The highest BCUT2D eigenvalue weighted by Gasteiger charge is 2.16. The van der Waals surface area contributed by atoms with Gasteiger partial charge in [-0.15, -0.1) is 11.3 Å². The summed E-state index contributed by atoms with van der Waals surface area (Å²) in [5.74, 6) is 1.62. The van der Waals surface area contributed by atoms with Crippen LogP contribution in [0.2, 0.25) is 0 Å². The van der Waals surface area contributed by atoms with Crippen LogP contribution in [0.5, 0.6) is 0 Å². The number of thiophene rings is 1. The molecule has 1 atom stereocenters. The van der Waals surface area contributed by atoms with E-state index in [1.54, 1.807) is 10.4 Å². The van der Waals surface area contributed by atoms with Gasteiger partial charge in [0.25, 0.3) is 0 Å². The average molecular weight is 281 g/mol. The van der Waals surface area contributed by atoms with Crippen molar-refractivity contribution in [1.29, 1.82) is 0 Å². The molecule has 0 aliphatic heterocycles. The van der Waals surface area contributed by atoms with Crippen LogP contribution in [-0.2, 0) is 0 Å². The summed E-state index contributed by atoms with van der Waals surface area (Å²) in [6, 6.07) is 2.53. The minimum absolute atomic E-state index is 0.800. The minimum Gasteiger partial charge on any atom is -0.148 e. The smallest absolute Gasteiger partial charge is 0.00791 e. The van der Waals surface area contributed by atoms with Gasteiger partial charge in [0, 0.05) is 4.88 Å². The van der Waals surface area contributed by atoms with Gasteiger partial charge in [0.2, 0.25) is 0 Å². The van der Waals surface area contributed by atoms with Crippen LogP contribution in [0, 0.1) is 0 Å². The molecule has 0 nitrogen and oxygen atoms in total. The molecule has 110 valence electrons. The molecule has 0 amide bonds. The lowest BCUT2D eigenvalue weighted by Gasteiger charge is -2.14. The molecule has 19 heavy (non-hydrogen) atoms. The lowest BCUT2D eigenvalue weighted by molar-refractivity contribution is 0.560. The average Bonchev–Trinajstić information content (AvgIpc) is 2.89. The molecule has 1 rings (SSSR count). The van der Waals surface area contributed by atoms with E-state index in [1.807, 2.05) is 11.3 Å². The standard InChI is InChI=1S/C18H32S/c1-5-9-12-15(8-4)17-13-18(19-14-17)16(10-6-2)11-7-3/h13-16H,5-12H2,1-4H3. The van der Waals surface area contributed by atoms with Gasteiger partial charge in [-0.25, -0.2) is 0 Å². The van der Waals surface area contributed by atoms with Crippen molar-refractivity contribution in [3.05, 3.63) is 21.9 Å². The fourth-order valence-corrected chi connectivity index (χ4v) is 4.14. The Bertz CT molecular complexity index is 320. The van der Waals surface area contributed by atoms with Crippen molar-refractivity contribution in [2.75, 3.05) is 0 Å². The maximum Gasteiger partial charge on any atom is 0.00791 e. The summed E-state index contributed by atoms with van der Waals surface area (Å²) in [5, 5.41) is 2.44. The van der Waals surface area contributed by atoms with Gasteiger partial charge in [0.15, 0.2) is 0 Å². The summed E-state index contributed by atoms with van der Waals surface area (Å²) >= 11 is 2.01. The van der Waals surface area contributed by atoms with E-state index in [0.29, 0.717) is 0 Å². The van der Waals surface area contributed by atoms with E-state index >= 15 is 0 Å². The van der Waals surface area contributed by atoms with Crippen LogP contribution in [0.1, 0.15) is 101 Å². The molecular weight excluding hydrogens is 248 g/mol. The molecule has 0 aliphatic rings. The van der Waals surface area contributed by atoms with Crippen molar-refractivity contribution in [3.63, 3.8) is 0 Å². The molecule has 0 N–H and O–H groups in total. The Labute approximate surface area is 124 Å². The second kappa shape index (κ2) is 9.58. The van der Waals surface area contributed by atoms with Gasteiger partial charge in [-0.05, 0) is 54.5 Å². The topological polar surface area (TPSA) is 0 Å². The fraction of sp³-hybridized carbons (Fsp3) is 0.778. The Balaban J connectivity index is 2.72. The van der Waals surface area contributed by atoms with Crippen LogP contribution in [-0.4, -0.2) is 0 Å². The Kier molecular flexibility index (Phi) is 8.45. The Morgan fingerprint density at radius 3 is 2.11 bits per heavy atom. The lowest BCUT2D eigenvalue weighted by atomic mass is 9.91. The quantitative estimate of drug-likeness (QED) is 0.428. The fourth-order valence-electron chi connectivity index (χ4n) is 2.98. The van der Waals surface area contributed by atoms with Gasteiger partial charge in [0.1, 0.15) is 0 Å². The summed E-state index contributed by atoms with van der Waals surface area (Å²) in [6.45, 7) is 9.26. The number of rotatable bonds is 10. The molecule has 0 aliphatic carbocycles. The highest BCUT2D eigenvalue weighted by Crippen LogP contribution is 2.35. The monoisotopic (exact) mass is 280 g/mol. The third-order valence-corrected chi connectivity index (χ3v) is 5.30. The molecule has 0 saturated heterocycles. The van der Waals surface area contributed by atoms with E-state index < -0.39 is 0 Å². The largest absolute Gasteiger partial charge is 0.148 e. The molecule has 0 aromatic carbocycles. The maximum absolute atomic E-state index is 2.53. The van der Waals surface area contributed by atoms with Gasteiger partial charge in [0.05, 0.1) is 0 Å². The van der Waals surface area contributed by atoms with Crippen LogP contribution < -0.4 is 0 Å².